The predicted molar refractivity (Wildman–Crippen MR) is 77.2 cm³/mol. The molecule has 19 heavy (non-hydrogen) atoms. The zero-order valence-electron chi connectivity index (χ0n) is 10.1. The first kappa shape index (κ1) is 22.2. The topological polar surface area (TPSA) is 77.8 Å². The van der Waals surface area contributed by atoms with Crippen LogP contribution in [-0.4, -0.2) is 106 Å². The number of hydrogen-bond donors (Lipinski definition) is 2. The van der Waals surface area contributed by atoms with Gasteiger partial charge in [0.1, 0.15) is 0 Å². The second kappa shape index (κ2) is 12.6. The summed E-state index contributed by atoms with van der Waals surface area (Å²) in [5.41, 5.74) is 0. The quantitative estimate of drug-likeness (QED) is 0.396. The molecule has 7 heteroatoms. The molecule has 0 unspecified atom stereocenters. The molecule has 0 radical (unpaired) electrons. The van der Waals surface area contributed by atoms with Gasteiger partial charge in [0.2, 0.25) is 0 Å². The van der Waals surface area contributed by atoms with Gasteiger partial charge >= 0.3 is 71.1 Å². The second-order valence-corrected chi connectivity index (χ2v) is 4.63. The van der Waals surface area contributed by atoms with E-state index in [0.717, 1.165) is 26.1 Å². The maximum atomic E-state index is 10.6. The van der Waals surface area contributed by atoms with Crippen molar-refractivity contribution in [2.75, 3.05) is 19.6 Å². The molecule has 0 aromatic rings. The summed E-state index contributed by atoms with van der Waals surface area (Å²) in [4.78, 5) is 23.7. The van der Waals surface area contributed by atoms with E-state index in [0.29, 0.717) is 6.42 Å². The predicted octanol–water partition coefficient (Wildman–Crippen LogP) is 0.131. The van der Waals surface area contributed by atoms with Crippen LogP contribution in [-0.2, 0) is 9.59 Å². The number of carboxylic acid groups (broad SMARTS) is 2. The molecule has 102 valence electrons. The molecule has 5 nitrogen and oxygen atoms in total. The van der Waals surface area contributed by atoms with Crippen LogP contribution in [0.1, 0.15) is 38.5 Å². The number of aliphatic carboxylic acids is 2. The van der Waals surface area contributed by atoms with Crippen molar-refractivity contribution in [1.29, 1.82) is 0 Å². The summed E-state index contributed by atoms with van der Waals surface area (Å²) in [5.74, 6) is -3.69. The summed E-state index contributed by atoms with van der Waals surface area (Å²) >= 11 is 0. The molecule has 0 bridgehead atoms. The van der Waals surface area contributed by atoms with Crippen molar-refractivity contribution in [2.45, 2.75) is 38.5 Å². The third-order valence-electron chi connectivity index (χ3n) is 3.26. The van der Waals surface area contributed by atoms with Crippen LogP contribution >= 0.6 is 0 Å². The molecule has 1 aliphatic heterocycles. The molecule has 1 saturated heterocycles. The Morgan fingerprint density at radius 1 is 0.947 bits per heavy atom. The van der Waals surface area contributed by atoms with Gasteiger partial charge in [-0.1, -0.05) is 12.8 Å². The molecule has 0 saturated carbocycles. The summed E-state index contributed by atoms with van der Waals surface area (Å²) in [5, 5.41) is 17.4. The third-order valence-corrected chi connectivity index (χ3v) is 3.26. The van der Waals surface area contributed by atoms with Crippen LogP contribution in [0.15, 0.2) is 0 Å². The number of piperidine rings is 1. The van der Waals surface area contributed by atoms with Crippen molar-refractivity contribution in [2.24, 2.45) is 5.92 Å². The van der Waals surface area contributed by atoms with Crippen LogP contribution in [0.2, 0.25) is 0 Å². The molecular weight excluding hydrogens is 268 g/mol. The summed E-state index contributed by atoms with van der Waals surface area (Å²) in [6, 6.07) is 0. The molecule has 0 aromatic heterocycles. The fraction of sp³-hybridized carbons (Fsp3) is 0.833. The standard InChI is InChI=1S/C12H21NO4.2Na.2H/c14-11(15)10(12(16)17)6-2-5-9-13-7-3-1-4-8-13;;;;/h10H,1-9H2,(H,14,15)(H,16,17);;;;. The van der Waals surface area contributed by atoms with E-state index >= 15 is 0 Å². The van der Waals surface area contributed by atoms with Crippen LogP contribution in [0.25, 0.3) is 0 Å². The van der Waals surface area contributed by atoms with Gasteiger partial charge in [-0.3, -0.25) is 9.59 Å². The molecule has 2 N–H and O–H groups in total. The molecule has 1 rings (SSSR count). The summed E-state index contributed by atoms with van der Waals surface area (Å²) in [6.07, 6.45) is 5.58. The Kier molecular flexibility index (Phi) is 14.7. The number of hydrogen-bond acceptors (Lipinski definition) is 3. The molecule has 0 spiro atoms. The third kappa shape index (κ3) is 9.45. The van der Waals surface area contributed by atoms with Crippen LogP contribution in [0.5, 0.6) is 0 Å². The summed E-state index contributed by atoms with van der Waals surface area (Å²) in [7, 11) is 0. The van der Waals surface area contributed by atoms with E-state index < -0.39 is 17.9 Å². The molecular formula is C12H23NNa2O4. The van der Waals surface area contributed by atoms with Gasteiger partial charge < -0.3 is 15.1 Å². The van der Waals surface area contributed by atoms with E-state index in [9.17, 15) is 9.59 Å². The Hall–Kier alpha value is 0.900. The van der Waals surface area contributed by atoms with Crippen LogP contribution in [0, 0.1) is 5.92 Å². The first-order chi connectivity index (χ1) is 8.11. The Morgan fingerprint density at radius 2 is 1.47 bits per heavy atom. The Labute approximate surface area is 158 Å². The molecule has 0 aliphatic carbocycles. The molecule has 1 fully saturated rings. The van der Waals surface area contributed by atoms with Crippen LogP contribution in [0.3, 0.4) is 0 Å². The Bertz CT molecular complexity index is 256. The SMILES string of the molecule is O=C(O)C(CCCCN1CCCCC1)C(=O)O.[NaH].[NaH]. The fourth-order valence-electron chi connectivity index (χ4n) is 2.22. The Morgan fingerprint density at radius 3 is 1.95 bits per heavy atom. The molecule has 0 amide bonds. The fourth-order valence-corrected chi connectivity index (χ4v) is 2.22. The van der Waals surface area contributed by atoms with E-state index in [2.05, 4.69) is 4.90 Å². The molecule has 1 aliphatic rings. The van der Waals surface area contributed by atoms with Crippen LogP contribution in [0.4, 0.5) is 0 Å². The molecule has 1 heterocycles. The molecule has 0 atom stereocenters. The van der Waals surface area contributed by atoms with Crippen molar-refractivity contribution in [3.63, 3.8) is 0 Å². The van der Waals surface area contributed by atoms with Crippen LogP contribution < -0.4 is 0 Å². The van der Waals surface area contributed by atoms with Gasteiger partial charge in [-0.15, -0.1) is 0 Å². The minimum atomic E-state index is -1.24. The average Bonchev–Trinajstić information content (AvgIpc) is 2.29. The van der Waals surface area contributed by atoms with Gasteiger partial charge in [0.15, 0.2) is 5.92 Å². The first-order valence-corrected chi connectivity index (χ1v) is 6.29. The van der Waals surface area contributed by atoms with E-state index in [-0.39, 0.29) is 65.5 Å². The van der Waals surface area contributed by atoms with Gasteiger partial charge in [-0.2, -0.15) is 0 Å². The number of nitrogens with zero attached hydrogens (tertiary/aromatic N) is 1. The normalized spacial score (nSPS) is 15.4. The van der Waals surface area contributed by atoms with Crippen molar-refractivity contribution in [1.82, 2.24) is 4.90 Å². The van der Waals surface area contributed by atoms with E-state index in [1.54, 1.807) is 0 Å². The minimum absolute atomic E-state index is 0. The van der Waals surface area contributed by atoms with E-state index in [1.165, 1.54) is 19.3 Å². The van der Waals surface area contributed by atoms with Crippen molar-refractivity contribution in [3.05, 3.63) is 0 Å². The van der Waals surface area contributed by atoms with Gasteiger partial charge in [0, 0.05) is 0 Å². The number of carboxylic acids is 2. The first-order valence-electron chi connectivity index (χ1n) is 6.29. The monoisotopic (exact) mass is 291 g/mol. The van der Waals surface area contributed by atoms with E-state index in [1.807, 2.05) is 0 Å². The van der Waals surface area contributed by atoms with Crippen molar-refractivity contribution >= 4 is 71.1 Å². The maximum absolute atomic E-state index is 10.6. The zero-order chi connectivity index (χ0) is 12.7. The number of unbranched alkanes of at least 4 members (excludes halogenated alkanes) is 1. The van der Waals surface area contributed by atoms with Crippen molar-refractivity contribution in [3.8, 4) is 0 Å². The number of carbonyl (C=O) groups is 2. The summed E-state index contributed by atoms with van der Waals surface area (Å²) < 4.78 is 0. The number of rotatable bonds is 7. The van der Waals surface area contributed by atoms with Gasteiger partial charge in [-0.25, -0.2) is 0 Å². The van der Waals surface area contributed by atoms with Gasteiger partial charge in [0.25, 0.3) is 0 Å². The number of likely N-dealkylation sites (tertiary alicyclic amines) is 1. The van der Waals surface area contributed by atoms with E-state index in [4.69, 9.17) is 10.2 Å². The van der Waals surface area contributed by atoms with Gasteiger partial charge in [-0.05, 0) is 45.3 Å². The van der Waals surface area contributed by atoms with Gasteiger partial charge in [0.05, 0.1) is 0 Å². The second-order valence-electron chi connectivity index (χ2n) is 4.63. The molecule has 0 aromatic carbocycles. The Balaban J connectivity index is 0. The van der Waals surface area contributed by atoms with Crippen molar-refractivity contribution < 1.29 is 19.8 Å². The summed E-state index contributed by atoms with van der Waals surface area (Å²) in [6.45, 7) is 3.22. The average molecular weight is 291 g/mol. The zero-order valence-corrected chi connectivity index (χ0v) is 10.1.